The van der Waals surface area contributed by atoms with E-state index in [1.807, 2.05) is 19.3 Å². The van der Waals surface area contributed by atoms with Gasteiger partial charge in [-0.25, -0.2) is 0 Å². The van der Waals surface area contributed by atoms with Gasteiger partial charge in [0.1, 0.15) is 0 Å². The van der Waals surface area contributed by atoms with Crippen molar-refractivity contribution in [2.45, 2.75) is 19.4 Å². The minimum absolute atomic E-state index is 0.201. The van der Waals surface area contributed by atoms with Gasteiger partial charge < -0.3 is 5.32 Å². The summed E-state index contributed by atoms with van der Waals surface area (Å²) in [6, 6.07) is 2.17. The van der Waals surface area contributed by atoms with E-state index in [-0.39, 0.29) is 6.04 Å². The summed E-state index contributed by atoms with van der Waals surface area (Å²) >= 11 is 0. The lowest BCUT2D eigenvalue weighted by molar-refractivity contribution is 0.540. The smallest absolute Gasteiger partial charge is 0.0845 e. The summed E-state index contributed by atoms with van der Waals surface area (Å²) in [4.78, 5) is 0. The Labute approximate surface area is 100 Å². The largest absolute Gasteiger partial charge is 0.310 e. The van der Waals surface area contributed by atoms with Crippen molar-refractivity contribution in [3.63, 3.8) is 0 Å². The molecule has 0 aliphatic carbocycles. The average Bonchev–Trinajstić information content (AvgIpc) is 2.75. The number of hydrogen-bond acceptors (Lipinski definition) is 5. The Kier molecular flexibility index (Phi) is 3.77. The fourth-order valence-corrected chi connectivity index (χ4v) is 1.76. The van der Waals surface area contributed by atoms with E-state index in [1.165, 1.54) is 0 Å². The molecule has 0 aliphatic heterocycles. The van der Waals surface area contributed by atoms with Gasteiger partial charge in [-0.05, 0) is 18.2 Å². The van der Waals surface area contributed by atoms with Crippen molar-refractivity contribution in [1.29, 1.82) is 0 Å². The summed E-state index contributed by atoms with van der Waals surface area (Å²) in [5.74, 6) is 0. The number of aromatic nitrogens is 5. The van der Waals surface area contributed by atoms with Gasteiger partial charge in [-0.2, -0.15) is 10.2 Å². The Balaban J connectivity index is 2.13. The highest BCUT2D eigenvalue weighted by Crippen LogP contribution is 2.15. The first-order valence-electron chi connectivity index (χ1n) is 5.64. The molecule has 2 aromatic heterocycles. The fraction of sp³-hybridized carbons (Fsp3) is 0.455. The lowest BCUT2D eigenvalue weighted by atomic mass is 10.0. The lowest BCUT2D eigenvalue weighted by Crippen LogP contribution is -2.23. The van der Waals surface area contributed by atoms with Crippen LogP contribution in [-0.4, -0.2) is 31.7 Å². The van der Waals surface area contributed by atoms with E-state index in [4.69, 9.17) is 0 Å². The van der Waals surface area contributed by atoms with E-state index < -0.39 is 0 Å². The average molecular weight is 232 g/mol. The lowest BCUT2D eigenvalue weighted by Gasteiger charge is -2.16. The maximum atomic E-state index is 4.10. The van der Waals surface area contributed by atoms with Gasteiger partial charge in [0.2, 0.25) is 0 Å². The molecule has 0 radical (unpaired) electrons. The van der Waals surface area contributed by atoms with Crippen LogP contribution in [0.3, 0.4) is 0 Å². The molecule has 6 heteroatoms. The molecule has 0 aromatic carbocycles. The van der Waals surface area contributed by atoms with Crippen molar-refractivity contribution < 1.29 is 0 Å². The monoisotopic (exact) mass is 232 g/mol. The van der Waals surface area contributed by atoms with Crippen LogP contribution in [0.25, 0.3) is 0 Å². The zero-order valence-corrected chi connectivity index (χ0v) is 10.0. The molecule has 1 N–H and O–H groups in total. The molecule has 1 unspecified atom stereocenters. The van der Waals surface area contributed by atoms with Crippen LogP contribution in [-0.2, 0) is 13.5 Å². The van der Waals surface area contributed by atoms with Gasteiger partial charge in [0, 0.05) is 31.9 Å². The molecular weight excluding hydrogens is 216 g/mol. The molecule has 2 aromatic rings. The molecule has 0 amide bonds. The number of nitrogens with zero attached hydrogens (tertiary/aromatic N) is 5. The van der Waals surface area contributed by atoms with E-state index >= 15 is 0 Å². The minimum atomic E-state index is 0.201. The second-order valence-electron chi connectivity index (χ2n) is 3.87. The van der Waals surface area contributed by atoms with Crippen LogP contribution >= 0.6 is 0 Å². The maximum absolute atomic E-state index is 4.10. The first-order chi connectivity index (χ1) is 8.29. The molecular formula is C11H16N6. The Morgan fingerprint density at radius 1 is 1.41 bits per heavy atom. The fourth-order valence-electron chi connectivity index (χ4n) is 1.76. The number of rotatable bonds is 5. The van der Waals surface area contributed by atoms with E-state index in [2.05, 4.69) is 32.7 Å². The van der Waals surface area contributed by atoms with Gasteiger partial charge >= 0.3 is 0 Å². The predicted molar refractivity (Wildman–Crippen MR) is 63.2 cm³/mol. The topological polar surface area (TPSA) is 68.5 Å². The molecule has 0 aliphatic rings. The van der Waals surface area contributed by atoms with Gasteiger partial charge in [0.15, 0.2) is 0 Å². The van der Waals surface area contributed by atoms with Crippen molar-refractivity contribution in [1.82, 2.24) is 30.5 Å². The van der Waals surface area contributed by atoms with Crippen LogP contribution in [0.15, 0.2) is 24.7 Å². The number of likely N-dealkylation sites (N-methyl/N-ethyl adjacent to an activating group) is 1. The standard InChI is InChI=1S/C11H16N6/c1-3-12-11(9-4-5-13-14-7-9)6-10-8-17(2)16-15-10/h4-5,7-8,11-12H,3,6H2,1-2H3. The van der Waals surface area contributed by atoms with E-state index in [9.17, 15) is 0 Å². The quantitative estimate of drug-likeness (QED) is 0.813. The molecule has 0 fully saturated rings. The van der Waals surface area contributed by atoms with Crippen LogP contribution in [0.5, 0.6) is 0 Å². The van der Waals surface area contributed by atoms with Crippen molar-refractivity contribution in [3.8, 4) is 0 Å². The van der Waals surface area contributed by atoms with Crippen molar-refractivity contribution in [2.75, 3.05) is 6.54 Å². The predicted octanol–water partition coefficient (Wildman–Crippen LogP) is 0.498. The van der Waals surface area contributed by atoms with E-state index in [0.717, 1.165) is 24.2 Å². The van der Waals surface area contributed by atoms with Crippen LogP contribution < -0.4 is 5.32 Å². The van der Waals surface area contributed by atoms with Crippen LogP contribution in [0, 0.1) is 0 Å². The molecule has 17 heavy (non-hydrogen) atoms. The Hall–Kier alpha value is -1.82. The van der Waals surface area contributed by atoms with Crippen molar-refractivity contribution in [2.24, 2.45) is 7.05 Å². The highest BCUT2D eigenvalue weighted by atomic mass is 15.4. The third-order valence-electron chi connectivity index (χ3n) is 2.52. The van der Waals surface area contributed by atoms with Gasteiger partial charge in [0.25, 0.3) is 0 Å². The molecule has 0 saturated heterocycles. The zero-order valence-electron chi connectivity index (χ0n) is 10.0. The highest BCUT2D eigenvalue weighted by Gasteiger charge is 2.13. The van der Waals surface area contributed by atoms with Gasteiger partial charge in [-0.1, -0.05) is 12.1 Å². The van der Waals surface area contributed by atoms with Gasteiger partial charge in [-0.3, -0.25) is 4.68 Å². The minimum Gasteiger partial charge on any atom is -0.310 e. The summed E-state index contributed by atoms with van der Waals surface area (Å²) in [5, 5.41) is 19.1. The normalized spacial score (nSPS) is 12.6. The number of nitrogens with one attached hydrogen (secondary N) is 1. The first kappa shape index (κ1) is 11.7. The SMILES string of the molecule is CCNC(Cc1cn(C)nn1)c1ccnnc1. The third kappa shape index (κ3) is 3.07. The Morgan fingerprint density at radius 2 is 2.29 bits per heavy atom. The molecule has 0 spiro atoms. The molecule has 2 rings (SSSR count). The molecule has 0 saturated carbocycles. The highest BCUT2D eigenvalue weighted by molar-refractivity contribution is 5.14. The van der Waals surface area contributed by atoms with Crippen LogP contribution in [0.1, 0.15) is 24.2 Å². The summed E-state index contributed by atoms with van der Waals surface area (Å²) in [5.41, 5.74) is 2.09. The second-order valence-corrected chi connectivity index (χ2v) is 3.87. The molecule has 6 nitrogen and oxygen atoms in total. The zero-order chi connectivity index (χ0) is 12.1. The second kappa shape index (κ2) is 5.49. The molecule has 1 atom stereocenters. The van der Waals surface area contributed by atoms with E-state index in [0.29, 0.717) is 0 Å². The van der Waals surface area contributed by atoms with Gasteiger partial charge in [-0.15, -0.1) is 5.10 Å². The molecule has 2 heterocycles. The molecule has 0 bridgehead atoms. The number of aryl methyl sites for hydroxylation is 1. The molecule has 90 valence electrons. The summed E-state index contributed by atoms with van der Waals surface area (Å²) in [7, 11) is 1.87. The summed E-state index contributed by atoms with van der Waals surface area (Å²) in [6.07, 6.45) is 6.21. The summed E-state index contributed by atoms with van der Waals surface area (Å²) < 4.78 is 1.71. The number of hydrogen-bond donors (Lipinski definition) is 1. The Bertz CT molecular complexity index is 452. The van der Waals surface area contributed by atoms with Crippen molar-refractivity contribution in [3.05, 3.63) is 35.9 Å². The van der Waals surface area contributed by atoms with Crippen molar-refractivity contribution >= 4 is 0 Å². The third-order valence-corrected chi connectivity index (χ3v) is 2.52. The first-order valence-corrected chi connectivity index (χ1v) is 5.64. The van der Waals surface area contributed by atoms with Gasteiger partial charge in [0.05, 0.1) is 11.9 Å². The van der Waals surface area contributed by atoms with Crippen LogP contribution in [0.4, 0.5) is 0 Å². The maximum Gasteiger partial charge on any atom is 0.0845 e. The van der Waals surface area contributed by atoms with E-state index in [1.54, 1.807) is 17.1 Å². The Morgan fingerprint density at radius 3 is 2.88 bits per heavy atom. The summed E-state index contributed by atoms with van der Waals surface area (Å²) in [6.45, 7) is 2.98. The van der Waals surface area contributed by atoms with Crippen LogP contribution in [0.2, 0.25) is 0 Å².